The standard InChI is InChI=1S/C18H17N7.C8H8N2/c1-2-14(18-22-20-13-24(18)15-4-5-15)10-17(3-1)23-8-6-16(7-9-23)25-12-19-11-21-25;9-8-5-6-3-1-2-4-7(6)10-8/h1-3,6-8,10-13,15H,4-5,9H2;1-5,10H,9H2. The number of aromatic nitrogens is 7. The zero-order valence-electron chi connectivity index (χ0n) is 19.1. The number of nitrogens with one attached hydrogen (secondary N) is 1. The normalized spacial score (nSPS) is 15.1. The molecular formula is C26H25N9. The Morgan fingerprint density at radius 2 is 1.91 bits per heavy atom. The number of aromatic amines is 1. The molecule has 2 aliphatic rings. The average Bonchev–Trinajstić information content (AvgIpc) is 3.28. The number of fused-ring (bicyclic) bond motifs is 1. The largest absolute Gasteiger partial charge is 0.385 e. The average molecular weight is 464 g/mol. The lowest BCUT2D eigenvalue weighted by Gasteiger charge is -2.23. The van der Waals surface area contributed by atoms with Crippen LogP contribution in [0.4, 0.5) is 11.5 Å². The number of nitrogen functional groups attached to an aromatic ring is 1. The lowest BCUT2D eigenvalue weighted by Crippen LogP contribution is -2.19. The minimum atomic E-state index is 0.566. The minimum absolute atomic E-state index is 0.566. The predicted molar refractivity (Wildman–Crippen MR) is 137 cm³/mol. The van der Waals surface area contributed by atoms with Gasteiger partial charge in [0.15, 0.2) is 5.82 Å². The van der Waals surface area contributed by atoms with E-state index in [-0.39, 0.29) is 0 Å². The maximum absolute atomic E-state index is 5.54. The second kappa shape index (κ2) is 8.94. The molecule has 0 bridgehead atoms. The van der Waals surface area contributed by atoms with Gasteiger partial charge >= 0.3 is 0 Å². The summed E-state index contributed by atoms with van der Waals surface area (Å²) >= 11 is 0. The number of para-hydroxylation sites is 1. The third-order valence-electron chi connectivity index (χ3n) is 6.11. The summed E-state index contributed by atoms with van der Waals surface area (Å²) in [6.45, 7) is 0.782. The van der Waals surface area contributed by atoms with Crippen LogP contribution >= 0.6 is 0 Å². The molecule has 7 rings (SSSR count). The van der Waals surface area contributed by atoms with E-state index in [2.05, 4.69) is 71.3 Å². The number of benzene rings is 2. The van der Waals surface area contributed by atoms with Crippen LogP contribution in [0.1, 0.15) is 18.9 Å². The highest BCUT2D eigenvalue weighted by Gasteiger charge is 2.26. The molecule has 0 radical (unpaired) electrons. The van der Waals surface area contributed by atoms with Crippen molar-refractivity contribution in [2.45, 2.75) is 18.9 Å². The molecule has 2 aromatic carbocycles. The van der Waals surface area contributed by atoms with Crippen LogP contribution in [0.15, 0.2) is 91.9 Å². The molecule has 1 saturated carbocycles. The zero-order chi connectivity index (χ0) is 23.6. The molecule has 3 aromatic heterocycles. The lowest BCUT2D eigenvalue weighted by molar-refractivity contribution is 0.746. The van der Waals surface area contributed by atoms with Gasteiger partial charge in [-0.2, -0.15) is 5.10 Å². The number of H-pyrrole nitrogens is 1. The van der Waals surface area contributed by atoms with Gasteiger partial charge < -0.3 is 20.2 Å². The van der Waals surface area contributed by atoms with Gasteiger partial charge in [-0.25, -0.2) is 9.67 Å². The molecule has 9 heteroatoms. The monoisotopic (exact) mass is 463 g/mol. The smallest absolute Gasteiger partial charge is 0.164 e. The van der Waals surface area contributed by atoms with Crippen molar-refractivity contribution >= 4 is 28.1 Å². The summed E-state index contributed by atoms with van der Waals surface area (Å²) in [6.07, 6.45) is 13.8. The van der Waals surface area contributed by atoms with Gasteiger partial charge in [0, 0.05) is 40.9 Å². The van der Waals surface area contributed by atoms with Gasteiger partial charge in [0.2, 0.25) is 0 Å². The Labute approximate surface area is 202 Å². The zero-order valence-corrected chi connectivity index (χ0v) is 19.1. The molecule has 1 aliphatic heterocycles. The van der Waals surface area contributed by atoms with E-state index in [9.17, 15) is 0 Å². The first-order valence-corrected chi connectivity index (χ1v) is 11.6. The molecule has 3 N–H and O–H groups in total. The number of hydrogen-bond acceptors (Lipinski definition) is 6. The van der Waals surface area contributed by atoms with Gasteiger partial charge in [0.25, 0.3) is 0 Å². The Hall–Kier alpha value is -4.66. The summed E-state index contributed by atoms with van der Waals surface area (Å²) in [5.41, 5.74) is 9.89. The summed E-state index contributed by atoms with van der Waals surface area (Å²) in [4.78, 5) is 9.22. The fraction of sp³-hybridized carbons (Fsp3) is 0.154. The second-order valence-corrected chi connectivity index (χ2v) is 8.59. The van der Waals surface area contributed by atoms with E-state index in [1.54, 1.807) is 17.3 Å². The first-order valence-electron chi connectivity index (χ1n) is 11.6. The van der Waals surface area contributed by atoms with Crippen molar-refractivity contribution in [2.24, 2.45) is 0 Å². The van der Waals surface area contributed by atoms with Crippen LogP contribution in [-0.2, 0) is 0 Å². The van der Waals surface area contributed by atoms with Crippen molar-refractivity contribution < 1.29 is 0 Å². The number of nitrogens with two attached hydrogens (primary N) is 1. The summed E-state index contributed by atoms with van der Waals surface area (Å²) < 4.78 is 3.95. The van der Waals surface area contributed by atoms with Crippen molar-refractivity contribution in [3.05, 3.63) is 91.9 Å². The quantitative estimate of drug-likeness (QED) is 0.407. The molecule has 0 spiro atoms. The van der Waals surface area contributed by atoms with Crippen molar-refractivity contribution in [3.63, 3.8) is 0 Å². The SMILES string of the molecule is C1=CN(c2cccc(-c3nncn3C3CC3)c2)CC=C1n1cncn1.Nc1cc2ccccc2[nH]1. The van der Waals surface area contributed by atoms with E-state index in [1.165, 1.54) is 18.2 Å². The van der Waals surface area contributed by atoms with E-state index >= 15 is 0 Å². The first kappa shape index (κ1) is 20.9. The number of nitrogens with zero attached hydrogens (tertiary/aromatic N) is 7. The summed E-state index contributed by atoms with van der Waals surface area (Å²) in [5, 5.41) is 13.8. The van der Waals surface area contributed by atoms with E-state index < -0.39 is 0 Å². The Kier molecular flexibility index (Phi) is 5.34. The third kappa shape index (κ3) is 4.43. The van der Waals surface area contributed by atoms with Gasteiger partial charge in [-0.3, -0.25) is 0 Å². The molecule has 5 aromatic rings. The molecule has 174 valence electrons. The van der Waals surface area contributed by atoms with Gasteiger partial charge in [-0.1, -0.05) is 30.3 Å². The van der Waals surface area contributed by atoms with Crippen LogP contribution in [0.5, 0.6) is 0 Å². The van der Waals surface area contributed by atoms with Crippen LogP contribution in [0.25, 0.3) is 28.0 Å². The molecule has 1 fully saturated rings. The Bertz CT molecular complexity index is 1470. The Morgan fingerprint density at radius 3 is 2.69 bits per heavy atom. The molecule has 1 aliphatic carbocycles. The van der Waals surface area contributed by atoms with E-state index in [0.717, 1.165) is 40.7 Å². The maximum Gasteiger partial charge on any atom is 0.164 e. The number of allylic oxidation sites excluding steroid dienone is 2. The van der Waals surface area contributed by atoms with Crippen molar-refractivity contribution in [3.8, 4) is 11.4 Å². The molecule has 0 saturated heterocycles. The number of anilines is 2. The lowest BCUT2D eigenvalue weighted by atomic mass is 10.1. The van der Waals surface area contributed by atoms with Crippen molar-refractivity contribution in [2.75, 3.05) is 17.2 Å². The molecule has 4 heterocycles. The minimum Gasteiger partial charge on any atom is -0.385 e. The van der Waals surface area contributed by atoms with Gasteiger partial charge in [-0.15, -0.1) is 10.2 Å². The Morgan fingerprint density at radius 1 is 1.00 bits per heavy atom. The molecule has 0 atom stereocenters. The van der Waals surface area contributed by atoms with Crippen LogP contribution in [0.3, 0.4) is 0 Å². The topological polar surface area (TPSA) is 106 Å². The van der Waals surface area contributed by atoms with Gasteiger partial charge in [0.05, 0.1) is 5.70 Å². The Balaban J connectivity index is 0.000000191. The third-order valence-corrected chi connectivity index (χ3v) is 6.11. The number of hydrogen-bond donors (Lipinski definition) is 2. The predicted octanol–water partition coefficient (Wildman–Crippen LogP) is 4.50. The first-order chi connectivity index (χ1) is 17.2. The van der Waals surface area contributed by atoms with Crippen LogP contribution in [0, 0.1) is 0 Å². The van der Waals surface area contributed by atoms with E-state index in [0.29, 0.717) is 6.04 Å². The molecular weight excluding hydrogens is 438 g/mol. The highest BCUT2D eigenvalue weighted by molar-refractivity contribution is 5.83. The van der Waals surface area contributed by atoms with Gasteiger partial charge in [-0.05, 0) is 49.3 Å². The molecule has 9 nitrogen and oxygen atoms in total. The number of rotatable bonds is 4. The van der Waals surface area contributed by atoms with E-state index in [1.807, 2.05) is 42.7 Å². The summed E-state index contributed by atoms with van der Waals surface area (Å²) in [7, 11) is 0. The van der Waals surface area contributed by atoms with E-state index in [4.69, 9.17) is 5.73 Å². The molecule has 0 amide bonds. The van der Waals surface area contributed by atoms with Crippen LogP contribution in [0.2, 0.25) is 0 Å². The maximum atomic E-state index is 5.54. The molecule has 0 unspecified atom stereocenters. The van der Waals surface area contributed by atoms with Crippen LogP contribution in [-0.4, -0.2) is 41.1 Å². The summed E-state index contributed by atoms with van der Waals surface area (Å²) in [6, 6.07) is 19.0. The van der Waals surface area contributed by atoms with Crippen LogP contribution < -0.4 is 10.6 Å². The van der Waals surface area contributed by atoms with Gasteiger partial charge in [0.1, 0.15) is 24.8 Å². The summed E-state index contributed by atoms with van der Waals surface area (Å²) in [5.74, 6) is 1.67. The highest BCUT2D eigenvalue weighted by Crippen LogP contribution is 2.38. The highest BCUT2D eigenvalue weighted by atomic mass is 15.3. The molecule has 35 heavy (non-hydrogen) atoms. The van der Waals surface area contributed by atoms with Crippen molar-refractivity contribution in [1.82, 2.24) is 34.5 Å². The second-order valence-electron chi connectivity index (χ2n) is 8.59. The fourth-order valence-corrected chi connectivity index (χ4v) is 4.18. The van der Waals surface area contributed by atoms with Crippen molar-refractivity contribution in [1.29, 1.82) is 0 Å². The fourth-order valence-electron chi connectivity index (χ4n) is 4.18.